The summed E-state index contributed by atoms with van der Waals surface area (Å²) in [5, 5.41) is 12.0. The van der Waals surface area contributed by atoms with Crippen molar-refractivity contribution in [2.45, 2.75) is 26.3 Å². The van der Waals surface area contributed by atoms with Gasteiger partial charge in [-0.1, -0.05) is 43.7 Å². The maximum absolute atomic E-state index is 12.0. The lowest BCUT2D eigenvalue weighted by molar-refractivity contribution is -0.118. The minimum Gasteiger partial charge on any atom is -0.497 e. The van der Waals surface area contributed by atoms with E-state index in [-0.39, 0.29) is 11.8 Å². The number of anilines is 1. The van der Waals surface area contributed by atoms with Crippen LogP contribution in [0.1, 0.15) is 20.3 Å². The van der Waals surface area contributed by atoms with Gasteiger partial charge in [-0.15, -0.1) is 10.2 Å². The maximum Gasteiger partial charge on any atom is 0.243 e. The van der Waals surface area contributed by atoms with Gasteiger partial charge in [0, 0.05) is 5.56 Å². The van der Waals surface area contributed by atoms with Gasteiger partial charge in [0.15, 0.2) is 0 Å². The van der Waals surface area contributed by atoms with Gasteiger partial charge in [-0.3, -0.25) is 10.1 Å². The summed E-state index contributed by atoms with van der Waals surface area (Å²) < 4.78 is 5.19. The molecule has 0 aliphatic carbocycles. The molecule has 7 heteroatoms. The largest absolute Gasteiger partial charge is 0.497 e. The standard InChI is InChI=1S/C15H20N4O2S/c1-4-9(2)12(16)13(20)17-15-19-18-14(22-15)10-6-5-7-11(8-10)21-3/h5-9,12H,4,16H2,1-3H3,(H,17,19,20). The first-order valence-corrected chi connectivity index (χ1v) is 7.91. The number of hydrogen-bond acceptors (Lipinski definition) is 6. The van der Waals surface area contributed by atoms with Crippen LogP contribution in [-0.2, 0) is 4.79 Å². The highest BCUT2D eigenvalue weighted by Gasteiger charge is 2.20. The Morgan fingerprint density at radius 3 is 2.91 bits per heavy atom. The molecule has 2 aromatic rings. The molecule has 2 atom stereocenters. The molecule has 0 spiro atoms. The van der Waals surface area contributed by atoms with E-state index in [2.05, 4.69) is 15.5 Å². The van der Waals surface area contributed by atoms with Gasteiger partial charge < -0.3 is 10.5 Å². The van der Waals surface area contributed by atoms with E-state index in [4.69, 9.17) is 10.5 Å². The zero-order valence-corrected chi connectivity index (χ0v) is 13.7. The fraction of sp³-hybridized carbons (Fsp3) is 0.400. The number of amides is 1. The van der Waals surface area contributed by atoms with Crippen molar-refractivity contribution in [3.8, 4) is 16.3 Å². The van der Waals surface area contributed by atoms with Crippen LogP contribution >= 0.6 is 11.3 Å². The number of nitrogens with zero attached hydrogens (tertiary/aromatic N) is 2. The van der Waals surface area contributed by atoms with E-state index < -0.39 is 6.04 Å². The Balaban J connectivity index is 2.09. The molecule has 1 heterocycles. The summed E-state index contributed by atoms with van der Waals surface area (Å²) in [7, 11) is 1.61. The van der Waals surface area contributed by atoms with Crippen molar-refractivity contribution in [3.63, 3.8) is 0 Å². The molecule has 0 aliphatic rings. The Hall–Kier alpha value is -1.99. The highest BCUT2D eigenvalue weighted by molar-refractivity contribution is 7.18. The Morgan fingerprint density at radius 1 is 1.45 bits per heavy atom. The van der Waals surface area contributed by atoms with Crippen molar-refractivity contribution in [2.24, 2.45) is 11.7 Å². The predicted octanol–water partition coefficient (Wildman–Crippen LogP) is 2.53. The lowest BCUT2D eigenvalue weighted by Gasteiger charge is -2.16. The second-order valence-corrected chi connectivity index (χ2v) is 6.02. The fourth-order valence-corrected chi connectivity index (χ4v) is 2.59. The number of rotatable bonds is 6. The summed E-state index contributed by atoms with van der Waals surface area (Å²) >= 11 is 1.30. The third kappa shape index (κ3) is 3.80. The number of aromatic nitrogens is 2. The normalized spacial score (nSPS) is 13.5. The van der Waals surface area contributed by atoms with Crippen LogP contribution < -0.4 is 15.8 Å². The summed E-state index contributed by atoms with van der Waals surface area (Å²) in [6.07, 6.45) is 0.847. The monoisotopic (exact) mass is 320 g/mol. The molecule has 0 saturated carbocycles. The zero-order valence-electron chi connectivity index (χ0n) is 12.9. The van der Waals surface area contributed by atoms with Crippen molar-refractivity contribution < 1.29 is 9.53 Å². The van der Waals surface area contributed by atoms with Crippen molar-refractivity contribution in [3.05, 3.63) is 24.3 Å². The molecule has 1 aromatic carbocycles. The first-order chi connectivity index (χ1) is 10.5. The molecular formula is C15H20N4O2S. The van der Waals surface area contributed by atoms with Crippen molar-refractivity contribution in [2.75, 3.05) is 12.4 Å². The SMILES string of the molecule is CCC(C)C(N)C(=O)Nc1nnc(-c2cccc(OC)c2)s1. The molecule has 2 rings (SSSR count). The summed E-state index contributed by atoms with van der Waals surface area (Å²) in [6.45, 7) is 3.95. The van der Waals surface area contributed by atoms with Crippen molar-refractivity contribution >= 4 is 22.4 Å². The maximum atomic E-state index is 12.0. The van der Waals surface area contributed by atoms with Gasteiger partial charge >= 0.3 is 0 Å². The minimum atomic E-state index is -0.547. The Kier molecular flexibility index (Phi) is 5.46. The quantitative estimate of drug-likeness (QED) is 0.853. The number of benzene rings is 1. The van der Waals surface area contributed by atoms with Gasteiger partial charge in [-0.25, -0.2) is 0 Å². The minimum absolute atomic E-state index is 0.116. The highest BCUT2D eigenvalue weighted by atomic mass is 32.1. The molecule has 0 aliphatic heterocycles. The van der Waals surface area contributed by atoms with Gasteiger partial charge in [-0.2, -0.15) is 0 Å². The van der Waals surface area contributed by atoms with E-state index >= 15 is 0 Å². The molecule has 118 valence electrons. The lowest BCUT2D eigenvalue weighted by Crippen LogP contribution is -2.40. The molecule has 0 radical (unpaired) electrons. The predicted molar refractivity (Wildman–Crippen MR) is 88.0 cm³/mol. The molecular weight excluding hydrogens is 300 g/mol. The van der Waals surface area contributed by atoms with Crippen LogP contribution in [0.5, 0.6) is 5.75 Å². The topological polar surface area (TPSA) is 90.1 Å². The number of nitrogens with two attached hydrogens (primary N) is 1. The molecule has 0 saturated heterocycles. The molecule has 22 heavy (non-hydrogen) atoms. The summed E-state index contributed by atoms with van der Waals surface area (Å²) in [5.41, 5.74) is 6.79. The van der Waals surface area contributed by atoms with Gasteiger partial charge in [0.2, 0.25) is 11.0 Å². The number of nitrogens with one attached hydrogen (secondary N) is 1. The van der Waals surface area contributed by atoms with Crippen LogP contribution in [0, 0.1) is 5.92 Å². The molecule has 0 bridgehead atoms. The van der Waals surface area contributed by atoms with Crippen LogP contribution in [0.2, 0.25) is 0 Å². The Labute approximate surface area is 133 Å². The van der Waals surface area contributed by atoms with E-state index in [1.54, 1.807) is 7.11 Å². The Morgan fingerprint density at radius 2 is 2.23 bits per heavy atom. The first-order valence-electron chi connectivity index (χ1n) is 7.09. The average Bonchev–Trinajstić information content (AvgIpc) is 3.01. The molecule has 6 nitrogen and oxygen atoms in total. The van der Waals surface area contributed by atoms with E-state index in [1.165, 1.54) is 11.3 Å². The van der Waals surface area contributed by atoms with Gasteiger partial charge in [0.05, 0.1) is 13.2 Å². The van der Waals surface area contributed by atoms with Crippen LogP contribution in [0.4, 0.5) is 5.13 Å². The number of carbonyl (C=O) groups is 1. The van der Waals surface area contributed by atoms with Crippen LogP contribution in [-0.4, -0.2) is 29.3 Å². The molecule has 1 amide bonds. The van der Waals surface area contributed by atoms with Gasteiger partial charge in [0.25, 0.3) is 0 Å². The van der Waals surface area contributed by atoms with E-state index in [1.807, 2.05) is 38.1 Å². The number of carbonyl (C=O) groups excluding carboxylic acids is 1. The van der Waals surface area contributed by atoms with E-state index in [0.717, 1.165) is 17.7 Å². The highest BCUT2D eigenvalue weighted by Crippen LogP contribution is 2.28. The number of methoxy groups -OCH3 is 1. The molecule has 2 unspecified atom stereocenters. The van der Waals surface area contributed by atoms with Crippen molar-refractivity contribution in [1.29, 1.82) is 0 Å². The second-order valence-electron chi connectivity index (χ2n) is 5.04. The van der Waals surface area contributed by atoms with E-state index in [0.29, 0.717) is 10.1 Å². The second kappa shape index (κ2) is 7.33. The van der Waals surface area contributed by atoms with Crippen LogP contribution in [0.15, 0.2) is 24.3 Å². The third-order valence-electron chi connectivity index (χ3n) is 3.53. The van der Waals surface area contributed by atoms with Crippen LogP contribution in [0.3, 0.4) is 0 Å². The summed E-state index contributed by atoms with van der Waals surface area (Å²) in [6, 6.07) is 6.98. The van der Waals surface area contributed by atoms with Crippen LogP contribution in [0.25, 0.3) is 10.6 Å². The smallest absolute Gasteiger partial charge is 0.243 e. The summed E-state index contributed by atoms with van der Waals surface area (Å²) in [5.74, 6) is 0.630. The third-order valence-corrected chi connectivity index (χ3v) is 4.42. The van der Waals surface area contributed by atoms with Gasteiger partial charge in [-0.05, 0) is 18.1 Å². The molecule has 1 aromatic heterocycles. The molecule has 0 fully saturated rings. The fourth-order valence-electron chi connectivity index (χ4n) is 1.85. The average molecular weight is 320 g/mol. The first kappa shape index (κ1) is 16.4. The number of hydrogen-bond donors (Lipinski definition) is 2. The Bertz CT molecular complexity index is 644. The zero-order chi connectivity index (χ0) is 16.1. The van der Waals surface area contributed by atoms with Gasteiger partial charge in [0.1, 0.15) is 10.8 Å². The van der Waals surface area contributed by atoms with Crippen molar-refractivity contribution in [1.82, 2.24) is 10.2 Å². The number of ether oxygens (including phenoxy) is 1. The lowest BCUT2D eigenvalue weighted by atomic mass is 10.00. The molecule has 3 N–H and O–H groups in total. The summed E-state index contributed by atoms with van der Waals surface area (Å²) in [4.78, 5) is 12.0. The van der Waals surface area contributed by atoms with E-state index in [9.17, 15) is 4.79 Å².